The Bertz CT molecular complexity index is 805. The van der Waals surface area contributed by atoms with Crippen LogP contribution >= 0.6 is 15.9 Å². The van der Waals surface area contributed by atoms with E-state index in [1.54, 1.807) is 6.26 Å². The SMILES string of the molecule is CCc1occc1C(Br)c1ccc2c3c(cccc13)CC2. The van der Waals surface area contributed by atoms with Crippen molar-refractivity contribution in [1.82, 2.24) is 0 Å². The van der Waals surface area contributed by atoms with Crippen LogP contribution in [0.15, 0.2) is 47.1 Å². The largest absolute Gasteiger partial charge is 0.469 e. The van der Waals surface area contributed by atoms with Gasteiger partial charge >= 0.3 is 0 Å². The van der Waals surface area contributed by atoms with Crippen molar-refractivity contribution in [2.75, 3.05) is 0 Å². The lowest BCUT2D eigenvalue weighted by molar-refractivity contribution is 0.512. The van der Waals surface area contributed by atoms with Crippen LogP contribution in [0.1, 0.15) is 39.8 Å². The monoisotopic (exact) mass is 340 g/mol. The summed E-state index contributed by atoms with van der Waals surface area (Å²) < 4.78 is 5.60. The molecule has 0 spiro atoms. The summed E-state index contributed by atoms with van der Waals surface area (Å²) in [4.78, 5) is 0.191. The highest BCUT2D eigenvalue weighted by Crippen LogP contribution is 2.41. The van der Waals surface area contributed by atoms with Crippen LogP contribution in [0.2, 0.25) is 0 Å². The highest BCUT2D eigenvalue weighted by molar-refractivity contribution is 9.09. The second-order valence-electron chi connectivity index (χ2n) is 5.67. The molecule has 0 bridgehead atoms. The molecule has 3 aromatic rings. The highest BCUT2D eigenvalue weighted by Gasteiger charge is 2.22. The Morgan fingerprint density at radius 2 is 1.86 bits per heavy atom. The highest BCUT2D eigenvalue weighted by atomic mass is 79.9. The topological polar surface area (TPSA) is 13.1 Å². The lowest BCUT2D eigenvalue weighted by Gasteiger charge is -2.14. The minimum absolute atomic E-state index is 0.191. The molecule has 1 unspecified atom stereocenters. The minimum Gasteiger partial charge on any atom is -0.469 e. The lowest BCUT2D eigenvalue weighted by Crippen LogP contribution is -1.97. The molecule has 0 fully saturated rings. The summed E-state index contributed by atoms with van der Waals surface area (Å²) in [5, 5.41) is 2.86. The zero-order valence-corrected chi connectivity index (χ0v) is 13.6. The smallest absolute Gasteiger partial charge is 0.108 e. The van der Waals surface area contributed by atoms with Gasteiger partial charge in [-0.2, -0.15) is 0 Å². The number of benzene rings is 2. The number of rotatable bonds is 3. The van der Waals surface area contributed by atoms with E-state index in [4.69, 9.17) is 4.42 Å². The first-order chi connectivity index (χ1) is 10.3. The zero-order valence-electron chi connectivity index (χ0n) is 12.0. The average Bonchev–Trinajstić information content (AvgIpc) is 3.15. The molecule has 0 N–H and O–H groups in total. The predicted octanol–water partition coefficient (Wildman–Crippen LogP) is 5.58. The molecule has 0 saturated carbocycles. The Kier molecular flexibility index (Phi) is 3.15. The van der Waals surface area contributed by atoms with Crippen molar-refractivity contribution < 1.29 is 4.42 Å². The number of furan rings is 1. The molecule has 2 heteroatoms. The van der Waals surface area contributed by atoms with Crippen LogP contribution in [0.5, 0.6) is 0 Å². The second kappa shape index (κ2) is 5.03. The number of hydrogen-bond donors (Lipinski definition) is 0. The average molecular weight is 341 g/mol. The van der Waals surface area contributed by atoms with Crippen LogP contribution in [0, 0.1) is 0 Å². The molecule has 106 valence electrons. The molecule has 0 radical (unpaired) electrons. The van der Waals surface area contributed by atoms with E-state index in [0.29, 0.717) is 0 Å². The van der Waals surface area contributed by atoms with E-state index in [0.717, 1.165) is 12.2 Å². The van der Waals surface area contributed by atoms with Crippen LogP contribution in [0.25, 0.3) is 10.8 Å². The molecule has 0 saturated heterocycles. The van der Waals surface area contributed by atoms with Crippen molar-refractivity contribution in [3.05, 3.63) is 70.7 Å². The second-order valence-corrected chi connectivity index (χ2v) is 6.58. The van der Waals surface area contributed by atoms with Gasteiger partial charge in [-0.3, -0.25) is 0 Å². The van der Waals surface area contributed by atoms with Gasteiger partial charge in [0.05, 0.1) is 11.1 Å². The third kappa shape index (κ3) is 1.96. The van der Waals surface area contributed by atoms with Crippen molar-refractivity contribution in [3.8, 4) is 0 Å². The maximum Gasteiger partial charge on any atom is 0.108 e. The first-order valence-corrected chi connectivity index (χ1v) is 8.45. The molecule has 21 heavy (non-hydrogen) atoms. The van der Waals surface area contributed by atoms with Crippen LogP contribution in [-0.4, -0.2) is 0 Å². The molecule has 1 heterocycles. The Balaban J connectivity index is 1.92. The Hall–Kier alpha value is -1.54. The molecule has 1 atom stereocenters. The van der Waals surface area contributed by atoms with Crippen LogP contribution in [0.3, 0.4) is 0 Å². The molecule has 4 rings (SSSR count). The summed E-state index contributed by atoms with van der Waals surface area (Å²) in [7, 11) is 0. The summed E-state index contributed by atoms with van der Waals surface area (Å²) in [6, 6.07) is 13.4. The van der Waals surface area contributed by atoms with E-state index in [1.165, 1.54) is 45.9 Å². The maximum absolute atomic E-state index is 5.60. The third-order valence-electron chi connectivity index (χ3n) is 4.56. The normalized spacial score (nSPS) is 14.8. The Morgan fingerprint density at radius 1 is 1.05 bits per heavy atom. The number of alkyl halides is 1. The van der Waals surface area contributed by atoms with Gasteiger partial charge in [-0.15, -0.1) is 0 Å². The van der Waals surface area contributed by atoms with E-state index in [1.807, 2.05) is 0 Å². The molecule has 1 aliphatic carbocycles. The summed E-state index contributed by atoms with van der Waals surface area (Å²) in [6.45, 7) is 2.13. The first-order valence-electron chi connectivity index (χ1n) is 7.53. The van der Waals surface area contributed by atoms with Gasteiger partial charge in [0.2, 0.25) is 0 Å². The van der Waals surface area contributed by atoms with Crippen molar-refractivity contribution in [3.63, 3.8) is 0 Å². The van der Waals surface area contributed by atoms with Gasteiger partial charge in [-0.1, -0.05) is 53.2 Å². The Labute approximate surface area is 133 Å². The third-order valence-corrected chi connectivity index (χ3v) is 5.54. The van der Waals surface area contributed by atoms with Crippen molar-refractivity contribution in [2.45, 2.75) is 31.0 Å². The van der Waals surface area contributed by atoms with Crippen LogP contribution < -0.4 is 0 Å². The van der Waals surface area contributed by atoms with Crippen LogP contribution in [0.4, 0.5) is 0 Å². The van der Waals surface area contributed by atoms with Crippen molar-refractivity contribution in [1.29, 1.82) is 0 Å². The lowest BCUT2D eigenvalue weighted by atomic mass is 9.95. The molecular weight excluding hydrogens is 324 g/mol. The number of halogens is 1. The molecule has 0 aliphatic heterocycles. The van der Waals surface area contributed by atoms with E-state index < -0.39 is 0 Å². The molecule has 2 aromatic carbocycles. The van der Waals surface area contributed by atoms with Gasteiger partial charge in [0.15, 0.2) is 0 Å². The summed E-state index contributed by atoms with van der Waals surface area (Å²) in [5.41, 5.74) is 5.57. The quantitative estimate of drug-likeness (QED) is 0.567. The molecule has 1 aromatic heterocycles. The predicted molar refractivity (Wildman–Crippen MR) is 90.2 cm³/mol. The van der Waals surface area contributed by atoms with E-state index in [2.05, 4.69) is 59.3 Å². The molecule has 1 aliphatic rings. The van der Waals surface area contributed by atoms with Gasteiger partial charge in [-0.05, 0) is 46.4 Å². The minimum atomic E-state index is 0.191. The van der Waals surface area contributed by atoms with E-state index >= 15 is 0 Å². The van der Waals surface area contributed by atoms with Crippen molar-refractivity contribution >= 4 is 26.7 Å². The van der Waals surface area contributed by atoms with Gasteiger partial charge in [-0.25, -0.2) is 0 Å². The van der Waals surface area contributed by atoms with Gasteiger partial charge in [0.1, 0.15) is 5.76 Å². The Morgan fingerprint density at radius 3 is 2.67 bits per heavy atom. The van der Waals surface area contributed by atoms with Gasteiger partial charge in [0, 0.05) is 12.0 Å². The van der Waals surface area contributed by atoms with Crippen LogP contribution in [-0.2, 0) is 19.3 Å². The van der Waals surface area contributed by atoms with Gasteiger partial charge < -0.3 is 4.42 Å². The summed E-state index contributed by atoms with van der Waals surface area (Å²) >= 11 is 3.90. The van der Waals surface area contributed by atoms with Crippen molar-refractivity contribution in [2.24, 2.45) is 0 Å². The fraction of sp³-hybridized carbons (Fsp3) is 0.263. The number of aryl methyl sites for hydroxylation is 3. The standard InChI is InChI=1S/C19H17BrO/c1-2-17-16(10-11-21-17)19(20)15-9-8-13-7-6-12-4-3-5-14(15)18(12)13/h3-5,8-11,19H,2,6-7H2,1H3. The first kappa shape index (κ1) is 13.1. The molecular formula is C19H17BrO. The summed E-state index contributed by atoms with van der Waals surface area (Å²) in [5.74, 6) is 1.07. The summed E-state index contributed by atoms with van der Waals surface area (Å²) in [6.07, 6.45) is 5.07. The number of hydrogen-bond acceptors (Lipinski definition) is 1. The van der Waals surface area contributed by atoms with E-state index in [-0.39, 0.29) is 4.83 Å². The maximum atomic E-state index is 5.60. The molecule has 0 amide bonds. The van der Waals surface area contributed by atoms with Gasteiger partial charge in [0.25, 0.3) is 0 Å². The molecule has 1 nitrogen and oxygen atoms in total. The fourth-order valence-corrected chi connectivity index (χ4v) is 4.33. The van der Waals surface area contributed by atoms with E-state index in [9.17, 15) is 0 Å². The fourth-order valence-electron chi connectivity index (χ4n) is 3.52. The zero-order chi connectivity index (χ0) is 14.4.